The van der Waals surface area contributed by atoms with E-state index in [9.17, 15) is 19.2 Å². The second-order valence-electron chi connectivity index (χ2n) is 11.2. The molecule has 228 valence electrons. The number of hydrogen-bond acceptors (Lipinski definition) is 8. The monoisotopic (exact) mass is 591 g/mol. The van der Waals surface area contributed by atoms with Crippen molar-refractivity contribution in [1.82, 2.24) is 10.2 Å². The molecule has 3 aromatic carbocycles. The third-order valence-corrected chi connectivity index (χ3v) is 7.14. The van der Waals surface area contributed by atoms with Crippen LogP contribution in [0.5, 0.6) is 11.5 Å². The quantitative estimate of drug-likeness (QED) is 0.404. The van der Waals surface area contributed by atoms with Crippen molar-refractivity contribution in [2.45, 2.75) is 51.9 Å². The van der Waals surface area contributed by atoms with Crippen molar-refractivity contribution in [3.8, 4) is 11.5 Å². The average Bonchev–Trinajstić information content (AvgIpc) is 3.11. The summed E-state index contributed by atoms with van der Waals surface area (Å²) in [5.74, 6) is -0.983. The Morgan fingerprint density at radius 1 is 1.07 bits per heavy atom. The molecule has 0 bridgehead atoms. The van der Waals surface area contributed by atoms with Crippen LogP contribution in [0, 0.1) is 0 Å². The molecular weight excluding hydrogens is 554 g/mol. The number of amides is 3. The zero-order chi connectivity index (χ0) is 31.5. The molecule has 0 fully saturated rings. The Kier molecular flexibility index (Phi) is 9.13. The molecule has 0 radical (unpaired) electrons. The molecule has 0 saturated carbocycles. The van der Waals surface area contributed by atoms with Gasteiger partial charge in [-0.1, -0.05) is 36.4 Å². The summed E-state index contributed by atoms with van der Waals surface area (Å²) in [6, 6.07) is 14.2. The van der Waals surface area contributed by atoms with Gasteiger partial charge in [0.1, 0.15) is 35.6 Å². The van der Waals surface area contributed by atoms with E-state index in [1.165, 1.54) is 26.0 Å². The average molecular weight is 592 g/mol. The van der Waals surface area contributed by atoms with Crippen LogP contribution < -0.4 is 19.7 Å². The van der Waals surface area contributed by atoms with Crippen molar-refractivity contribution in [1.29, 1.82) is 0 Å². The summed E-state index contributed by atoms with van der Waals surface area (Å²) in [4.78, 5) is 55.4. The van der Waals surface area contributed by atoms with Crippen molar-refractivity contribution < 1.29 is 38.1 Å². The fourth-order valence-corrected chi connectivity index (χ4v) is 4.76. The predicted molar refractivity (Wildman–Crippen MR) is 160 cm³/mol. The van der Waals surface area contributed by atoms with E-state index in [4.69, 9.17) is 18.9 Å². The lowest BCUT2D eigenvalue weighted by molar-refractivity contribution is -0.130. The van der Waals surface area contributed by atoms with Gasteiger partial charge < -0.3 is 29.2 Å². The number of nitrogens with zero attached hydrogens (tertiary/aromatic N) is 2. The molecule has 0 spiro atoms. The zero-order valence-corrected chi connectivity index (χ0v) is 25.4. The molecule has 3 amide bonds. The third kappa shape index (κ3) is 6.66. The standard InChI is InChI=1S/C32H37N3O8/c1-19(34(5)31(39)43-32(2,3)4)28(36)33-24-18-42-27-22(30(38)41-7)13-10-14-25(27)35(29(24)37)17-23-21-12-9-8-11-20(21)15-16-26(23)40-6/h8-16,19,24H,17-18H2,1-7H3,(H,33,36). The van der Waals surface area contributed by atoms with E-state index in [0.717, 1.165) is 21.2 Å². The van der Waals surface area contributed by atoms with Crippen LogP contribution in [0.3, 0.4) is 0 Å². The maximum atomic E-state index is 14.2. The first-order valence-corrected chi connectivity index (χ1v) is 13.8. The molecule has 2 atom stereocenters. The molecular formula is C32H37N3O8. The van der Waals surface area contributed by atoms with Crippen LogP contribution in [0.25, 0.3) is 10.8 Å². The maximum absolute atomic E-state index is 14.2. The fourth-order valence-electron chi connectivity index (χ4n) is 4.76. The molecule has 1 N–H and O–H groups in total. The Bertz CT molecular complexity index is 1550. The number of anilines is 1. The molecule has 11 nitrogen and oxygen atoms in total. The van der Waals surface area contributed by atoms with Gasteiger partial charge in [-0.2, -0.15) is 0 Å². The van der Waals surface area contributed by atoms with Crippen LogP contribution in [-0.2, 0) is 25.6 Å². The molecule has 43 heavy (non-hydrogen) atoms. The number of benzene rings is 3. The minimum absolute atomic E-state index is 0.0457. The number of likely N-dealkylation sites (N-methyl/N-ethyl adjacent to an activating group) is 1. The number of ether oxygens (including phenoxy) is 4. The lowest BCUT2D eigenvalue weighted by Crippen LogP contribution is -2.55. The number of fused-ring (bicyclic) bond motifs is 2. The van der Waals surface area contributed by atoms with Crippen LogP contribution in [0.1, 0.15) is 43.6 Å². The fraction of sp³-hybridized carbons (Fsp3) is 0.375. The van der Waals surface area contributed by atoms with Crippen molar-refractivity contribution in [3.05, 3.63) is 65.7 Å². The number of para-hydroxylation sites is 1. The Balaban J connectivity index is 1.73. The first-order valence-electron chi connectivity index (χ1n) is 13.8. The molecule has 11 heteroatoms. The van der Waals surface area contributed by atoms with Crippen molar-refractivity contribution in [2.24, 2.45) is 0 Å². The van der Waals surface area contributed by atoms with Crippen molar-refractivity contribution >= 4 is 40.3 Å². The molecule has 0 aromatic heterocycles. The third-order valence-electron chi connectivity index (χ3n) is 7.14. The Labute approximate surface area is 250 Å². The minimum atomic E-state index is -1.15. The van der Waals surface area contributed by atoms with Gasteiger partial charge in [0.15, 0.2) is 5.75 Å². The highest BCUT2D eigenvalue weighted by molar-refractivity contribution is 6.05. The molecule has 3 aromatic rings. The molecule has 1 aliphatic heterocycles. The summed E-state index contributed by atoms with van der Waals surface area (Å²) in [6.07, 6.45) is -0.682. The normalized spacial score (nSPS) is 15.5. The molecule has 0 saturated heterocycles. The van der Waals surface area contributed by atoms with Crippen LogP contribution in [0.4, 0.5) is 10.5 Å². The summed E-state index contributed by atoms with van der Waals surface area (Å²) in [5.41, 5.74) is 0.443. The predicted octanol–water partition coefficient (Wildman–Crippen LogP) is 4.30. The van der Waals surface area contributed by atoms with Crippen LogP contribution in [-0.4, -0.2) is 74.3 Å². The van der Waals surface area contributed by atoms with Gasteiger partial charge in [0.05, 0.1) is 26.5 Å². The Morgan fingerprint density at radius 3 is 2.47 bits per heavy atom. The second-order valence-corrected chi connectivity index (χ2v) is 11.2. The number of rotatable bonds is 7. The van der Waals surface area contributed by atoms with Crippen LogP contribution in [0.2, 0.25) is 0 Å². The number of carbonyl (C=O) groups excluding carboxylic acids is 4. The van der Waals surface area contributed by atoms with Gasteiger partial charge in [0, 0.05) is 12.6 Å². The largest absolute Gasteiger partial charge is 0.496 e. The molecule has 1 aliphatic rings. The van der Waals surface area contributed by atoms with E-state index in [-0.39, 0.29) is 24.5 Å². The first-order chi connectivity index (χ1) is 20.4. The lowest BCUT2D eigenvalue weighted by Gasteiger charge is -2.30. The van der Waals surface area contributed by atoms with E-state index in [2.05, 4.69) is 5.32 Å². The smallest absolute Gasteiger partial charge is 0.410 e. The number of carbonyl (C=O) groups is 4. The van der Waals surface area contributed by atoms with Crippen molar-refractivity contribution in [3.63, 3.8) is 0 Å². The Morgan fingerprint density at radius 2 is 1.79 bits per heavy atom. The summed E-state index contributed by atoms with van der Waals surface area (Å²) >= 11 is 0. The molecule has 4 rings (SSSR count). The number of nitrogens with one attached hydrogen (secondary N) is 1. The highest BCUT2D eigenvalue weighted by Crippen LogP contribution is 2.38. The highest BCUT2D eigenvalue weighted by Gasteiger charge is 2.37. The SMILES string of the molecule is COC(=O)c1cccc2c1OCC(NC(=O)C(C)N(C)C(=O)OC(C)(C)C)C(=O)N2Cc1c(OC)ccc2ccccc12. The van der Waals surface area contributed by atoms with Crippen LogP contribution in [0.15, 0.2) is 54.6 Å². The first kappa shape index (κ1) is 31.1. The van der Waals surface area contributed by atoms with E-state index >= 15 is 0 Å². The van der Waals surface area contributed by atoms with Gasteiger partial charge in [-0.25, -0.2) is 9.59 Å². The van der Waals surface area contributed by atoms with Gasteiger partial charge in [0.2, 0.25) is 5.91 Å². The second kappa shape index (κ2) is 12.6. The van der Waals surface area contributed by atoms with Gasteiger partial charge >= 0.3 is 12.1 Å². The van der Waals surface area contributed by atoms with Gasteiger partial charge in [-0.15, -0.1) is 0 Å². The summed E-state index contributed by atoms with van der Waals surface area (Å²) in [7, 11) is 4.26. The molecule has 2 unspecified atom stereocenters. The van der Waals surface area contributed by atoms with Crippen LogP contribution >= 0.6 is 0 Å². The van der Waals surface area contributed by atoms with E-state index in [1.54, 1.807) is 46.1 Å². The summed E-state index contributed by atoms with van der Waals surface area (Å²) < 4.78 is 22.1. The molecule has 1 heterocycles. The van der Waals surface area contributed by atoms with Gasteiger partial charge in [-0.05, 0) is 56.7 Å². The minimum Gasteiger partial charge on any atom is -0.496 e. The highest BCUT2D eigenvalue weighted by atomic mass is 16.6. The number of hydrogen-bond donors (Lipinski definition) is 1. The topological polar surface area (TPSA) is 124 Å². The lowest BCUT2D eigenvalue weighted by atomic mass is 10.0. The number of methoxy groups -OCH3 is 2. The van der Waals surface area contributed by atoms with E-state index in [0.29, 0.717) is 11.4 Å². The maximum Gasteiger partial charge on any atom is 0.410 e. The summed E-state index contributed by atoms with van der Waals surface area (Å²) in [6.45, 7) is 6.49. The zero-order valence-electron chi connectivity index (χ0n) is 25.4. The van der Waals surface area contributed by atoms with E-state index in [1.807, 2.05) is 36.4 Å². The summed E-state index contributed by atoms with van der Waals surface area (Å²) in [5, 5.41) is 4.56. The molecule has 0 aliphatic carbocycles. The van der Waals surface area contributed by atoms with Gasteiger partial charge in [-0.3, -0.25) is 14.5 Å². The van der Waals surface area contributed by atoms with Gasteiger partial charge in [0.25, 0.3) is 5.91 Å². The van der Waals surface area contributed by atoms with Crippen molar-refractivity contribution in [2.75, 3.05) is 32.8 Å². The number of esters is 1. The Hall–Kier alpha value is -4.80. The van der Waals surface area contributed by atoms with E-state index < -0.39 is 41.6 Å².